The first kappa shape index (κ1) is 14.3. The molecule has 1 aliphatic heterocycles. The van der Waals surface area contributed by atoms with Gasteiger partial charge in [0.2, 0.25) is 11.0 Å². The first-order valence-corrected chi connectivity index (χ1v) is 8.14. The van der Waals surface area contributed by atoms with Gasteiger partial charge in [-0.1, -0.05) is 17.4 Å². The summed E-state index contributed by atoms with van der Waals surface area (Å²) in [4.78, 5) is 6.70. The summed E-state index contributed by atoms with van der Waals surface area (Å²) in [6, 6.07) is 5.89. The second-order valence-corrected chi connectivity index (χ2v) is 6.62. The van der Waals surface area contributed by atoms with Crippen LogP contribution in [0.3, 0.4) is 0 Å². The van der Waals surface area contributed by atoms with E-state index in [4.69, 9.17) is 4.74 Å². The lowest BCUT2D eigenvalue weighted by molar-refractivity contribution is 0.216. The van der Waals surface area contributed by atoms with E-state index >= 15 is 0 Å². The van der Waals surface area contributed by atoms with Gasteiger partial charge >= 0.3 is 0 Å². The second-order valence-electron chi connectivity index (χ2n) is 5.46. The summed E-state index contributed by atoms with van der Waals surface area (Å²) in [6.45, 7) is 6.79. The molecule has 0 radical (unpaired) electrons. The van der Waals surface area contributed by atoms with E-state index in [1.807, 2.05) is 32.0 Å². The fourth-order valence-corrected chi connectivity index (χ4v) is 3.25. The molecule has 21 heavy (non-hydrogen) atoms. The number of aryl methyl sites for hydroxylation is 2. The lowest BCUT2D eigenvalue weighted by atomic mass is 9.98. The van der Waals surface area contributed by atoms with Crippen LogP contribution >= 0.6 is 11.3 Å². The Hall–Kier alpha value is -1.69. The number of nitrogens with zero attached hydrogens (tertiary/aromatic N) is 4. The van der Waals surface area contributed by atoms with Crippen LogP contribution in [0.25, 0.3) is 0 Å². The van der Waals surface area contributed by atoms with Crippen molar-refractivity contribution < 1.29 is 4.74 Å². The van der Waals surface area contributed by atoms with Crippen molar-refractivity contribution in [3.8, 4) is 5.88 Å². The predicted molar refractivity (Wildman–Crippen MR) is 84.1 cm³/mol. The minimum absolute atomic E-state index is 0.595. The summed E-state index contributed by atoms with van der Waals surface area (Å²) in [6.07, 6.45) is 2.26. The Kier molecular flexibility index (Phi) is 4.34. The van der Waals surface area contributed by atoms with E-state index in [1.165, 1.54) is 0 Å². The third-order valence-corrected chi connectivity index (χ3v) is 4.63. The Labute approximate surface area is 129 Å². The number of ether oxygens (including phenoxy) is 1. The van der Waals surface area contributed by atoms with Gasteiger partial charge in [0, 0.05) is 24.8 Å². The second kappa shape index (κ2) is 6.39. The van der Waals surface area contributed by atoms with Gasteiger partial charge < -0.3 is 9.64 Å². The van der Waals surface area contributed by atoms with Crippen LogP contribution in [0.2, 0.25) is 0 Å². The van der Waals surface area contributed by atoms with Crippen LogP contribution in [0.1, 0.15) is 23.5 Å². The molecule has 3 rings (SSSR count). The van der Waals surface area contributed by atoms with Crippen LogP contribution in [-0.2, 0) is 0 Å². The first-order valence-electron chi connectivity index (χ1n) is 7.32. The minimum Gasteiger partial charge on any atom is -0.477 e. The molecule has 0 bridgehead atoms. The lowest BCUT2D eigenvalue weighted by Gasteiger charge is -2.31. The molecule has 0 aromatic carbocycles. The standard InChI is InChI=1S/C15H20N4OS/c1-11-4-3-5-14(16-11)20-10-13-6-8-19(9-7-13)15-18-17-12(2)21-15/h3-5,13H,6-10H2,1-2H3. The Morgan fingerprint density at radius 3 is 2.71 bits per heavy atom. The summed E-state index contributed by atoms with van der Waals surface area (Å²) in [5.41, 5.74) is 0.994. The van der Waals surface area contributed by atoms with Crippen LogP contribution in [0.4, 0.5) is 5.13 Å². The predicted octanol–water partition coefficient (Wildman–Crippen LogP) is 2.85. The number of piperidine rings is 1. The van der Waals surface area contributed by atoms with E-state index < -0.39 is 0 Å². The third kappa shape index (κ3) is 3.69. The number of hydrogen-bond donors (Lipinski definition) is 0. The largest absolute Gasteiger partial charge is 0.477 e. The molecule has 0 amide bonds. The van der Waals surface area contributed by atoms with E-state index in [1.54, 1.807) is 11.3 Å². The molecule has 2 aromatic heterocycles. The number of hydrogen-bond acceptors (Lipinski definition) is 6. The maximum Gasteiger partial charge on any atom is 0.213 e. The highest BCUT2D eigenvalue weighted by Gasteiger charge is 2.22. The quantitative estimate of drug-likeness (QED) is 0.869. The highest BCUT2D eigenvalue weighted by atomic mass is 32.1. The SMILES string of the molecule is Cc1cccc(OCC2CCN(c3nnc(C)s3)CC2)n1. The summed E-state index contributed by atoms with van der Waals surface area (Å²) in [7, 11) is 0. The molecule has 0 spiro atoms. The fraction of sp³-hybridized carbons (Fsp3) is 0.533. The molecule has 0 saturated carbocycles. The van der Waals surface area contributed by atoms with Crippen molar-refractivity contribution in [3.05, 3.63) is 28.9 Å². The van der Waals surface area contributed by atoms with E-state index in [9.17, 15) is 0 Å². The van der Waals surface area contributed by atoms with Gasteiger partial charge in [0.05, 0.1) is 6.61 Å². The first-order chi connectivity index (χ1) is 10.2. The highest BCUT2D eigenvalue weighted by molar-refractivity contribution is 7.15. The summed E-state index contributed by atoms with van der Waals surface area (Å²) in [5.74, 6) is 1.33. The molecule has 3 heterocycles. The fourth-order valence-electron chi connectivity index (χ4n) is 2.51. The molecule has 1 saturated heterocycles. The van der Waals surface area contributed by atoms with Crippen molar-refractivity contribution >= 4 is 16.5 Å². The van der Waals surface area contributed by atoms with Gasteiger partial charge in [-0.2, -0.15) is 0 Å². The normalized spacial score (nSPS) is 16.2. The minimum atomic E-state index is 0.595. The zero-order valence-corrected chi connectivity index (χ0v) is 13.3. The Bertz CT molecular complexity index is 593. The highest BCUT2D eigenvalue weighted by Crippen LogP contribution is 2.26. The van der Waals surface area contributed by atoms with Gasteiger partial charge in [-0.25, -0.2) is 4.98 Å². The summed E-state index contributed by atoms with van der Waals surface area (Å²) >= 11 is 1.67. The molecule has 0 aliphatic carbocycles. The van der Waals surface area contributed by atoms with E-state index in [0.29, 0.717) is 5.92 Å². The van der Waals surface area contributed by atoms with Gasteiger partial charge in [-0.05, 0) is 38.7 Å². The van der Waals surface area contributed by atoms with E-state index in [2.05, 4.69) is 20.1 Å². The van der Waals surface area contributed by atoms with Crippen molar-refractivity contribution in [2.45, 2.75) is 26.7 Å². The van der Waals surface area contributed by atoms with E-state index in [-0.39, 0.29) is 0 Å². The molecule has 1 fully saturated rings. The zero-order chi connectivity index (χ0) is 14.7. The number of rotatable bonds is 4. The summed E-state index contributed by atoms with van der Waals surface area (Å²) in [5, 5.41) is 10.4. The maximum absolute atomic E-state index is 5.82. The van der Waals surface area contributed by atoms with Crippen molar-refractivity contribution in [3.63, 3.8) is 0 Å². The van der Waals surface area contributed by atoms with Crippen LogP contribution in [-0.4, -0.2) is 34.9 Å². The van der Waals surface area contributed by atoms with Gasteiger partial charge in [0.1, 0.15) is 5.01 Å². The molecule has 0 N–H and O–H groups in total. The molecular weight excluding hydrogens is 284 g/mol. The van der Waals surface area contributed by atoms with Gasteiger partial charge in [-0.15, -0.1) is 10.2 Å². The monoisotopic (exact) mass is 304 g/mol. The Balaban J connectivity index is 1.47. The van der Waals surface area contributed by atoms with Gasteiger partial charge in [-0.3, -0.25) is 0 Å². The smallest absolute Gasteiger partial charge is 0.213 e. The van der Waals surface area contributed by atoms with E-state index in [0.717, 1.165) is 54.3 Å². The Morgan fingerprint density at radius 2 is 2.05 bits per heavy atom. The van der Waals surface area contributed by atoms with Gasteiger partial charge in [0.25, 0.3) is 0 Å². The maximum atomic E-state index is 5.82. The van der Waals surface area contributed by atoms with Crippen molar-refractivity contribution in [1.29, 1.82) is 0 Å². The number of aromatic nitrogens is 3. The van der Waals surface area contributed by atoms with Crippen LogP contribution in [0, 0.1) is 19.8 Å². The number of anilines is 1. The Morgan fingerprint density at radius 1 is 1.24 bits per heavy atom. The molecule has 2 aromatic rings. The average molecular weight is 304 g/mol. The number of pyridine rings is 1. The molecule has 5 nitrogen and oxygen atoms in total. The van der Waals surface area contributed by atoms with Gasteiger partial charge in [0.15, 0.2) is 0 Å². The summed E-state index contributed by atoms with van der Waals surface area (Å²) < 4.78 is 5.82. The van der Waals surface area contributed by atoms with Crippen LogP contribution in [0.5, 0.6) is 5.88 Å². The lowest BCUT2D eigenvalue weighted by Crippen LogP contribution is -2.35. The van der Waals surface area contributed by atoms with Crippen molar-refractivity contribution in [2.75, 3.05) is 24.6 Å². The van der Waals surface area contributed by atoms with Crippen molar-refractivity contribution in [1.82, 2.24) is 15.2 Å². The molecule has 1 aliphatic rings. The molecule has 112 valence electrons. The molecule has 0 atom stereocenters. The van der Waals surface area contributed by atoms with Crippen LogP contribution < -0.4 is 9.64 Å². The molecule has 6 heteroatoms. The average Bonchev–Trinajstić information content (AvgIpc) is 2.92. The topological polar surface area (TPSA) is 51.1 Å². The van der Waals surface area contributed by atoms with Crippen molar-refractivity contribution in [2.24, 2.45) is 5.92 Å². The zero-order valence-electron chi connectivity index (χ0n) is 12.5. The molecular formula is C15H20N4OS. The van der Waals surface area contributed by atoms with Crippen LogP contribution in [0.15, 0.2) is 18.2 Å². The molecule has 0 unspecified atom stereocenters. The third-order valence-electron chi connectivity index (χ3n) is 3.73.